The van der Waals surface area contributed by atoms with Gasteiger partial charge in [0.15, 0.2) is 0 Å². The van der Waals surface area contributed by atoms with E-state index in [-0.39, 0.29) is 10.8 Å². The molecule has 2 aliphatic rings. The molecule has 0 atom stereocenters. The molecule has 0 saturated carbocycles. The highest BCUT2D eigenvalue weighted by molar-refractivity contribution is 5.93. The predicted octanol–water partition coefficient (Wildman–Crippen LogP) is 6.08. The molecule has 0 aliphatic heterocycles. The van der Waals surface area contributed by atoms with Gasteiger partial charge in [0.1, 0.15) is 0 Å². The van der Waals surface area contributed by atoms with E-state index in [1.807, 2.05) is 13.8 Å². The van der Waals surface area contributed by atoms with Crippen LogP contribution in [-0.2, 0) is 10.8 Å². The van der Waals surface area contributed by atoms with Crippen LogP contribution in [-0.4, -0.2) is 0 Å². The molecule has 22 heavy (non-hydrogen) atoms. The lowest BCUT2D eigenvalue weighted by Gasteiger charge is -2.36. The summed E-state index contributed by atoms with van der Waals surface area (Å²) in [7, 11) is 0. The third-order valence-corrected chi connectivity index (χ3v) is 5.10. The maximum absolute atomic E-state index is 2.45. The molecule has 4 rings (SSSR count). The van der Waals surface area contributed by atoms with E-state index in [4.69, 9.17) is 0 Å². The van der Waals surface area contributed by atoms with Crippen LogP contribution in [0.3, 0.4) is 0 Å². The first-order valence-corrected chi connectivity index (χ1v) is 8.40. The van der Waals surface area contributed by atoms with Crippen molar-refractivity contribution in [3.8, 4) is 0 Å². The van der Waals surface area contributed by atoms with Crippen LogP contribution in [0.15, 0.2) is 48.5 Å². The second-order valence-corrected chi connectivity index (χ2v) is 7.18. The lowest BCUT2D eigenvalue weighted by Crippen LogP contribution is -2.26. The summed E-state index contributed by atoms with van der Waals surface area (Å²) in [6.07, 6.45) is 2.45. The van der Waals surface area contributed by atoms with Crippen LogP contribution in [0.1, 0.15) is 69.4 Å². The van der Waals surface area contributed by atoms with Crippen LogP contribution in [0.25, 0.3) is 5.57 Å². The summed E-state index contributed by atoms with van der Waals surface area (Å²) in [6, 6.07) is 15.7. The minimum atomic E-state index is 0.0830. The Morgan fingerprint density at radius 1 is 0.682 bits per heavy atom. The summed E-state index contributed by atoms with van der Waals surface area (Å²) >= 11 is 0. The van der Waals surface area contributed by atoms with Crippen LogP contribution < -0.4 is 0 Å². The molecule has 0 nitrogen and oxygen atoms in total. The molecule has 2 aromatic rings. The van der Waals surface area contributed by atoms with Crippen LogP contribution in [0, 0.1) is 0 Å². The lowest BCUT2D eigenvalue weighted by atomic mass is 9.67. The van der Waals surface area contributed by atoms with Gasteiger partial charge in [-0.25, -0.2) is 0 Å². The summed E-state index contributed by atoms with van der Waals surface area (Å²) in [4.78, 5) is 0. The van der Waals surface area contributed by atoms with Crippen LogP contribution in [0.2, 0.25) is 0 Å². The molecule has 0 bridgehead atoms. The molecule has 0 heterocycles. The standard InChI is InChI=1S/C20H20.C2H6/c1-19(2)12-14-13-8-5-6-9-15(13)20(3,4)17-11-7-10-16(19)18(14)17;1-2/h5-12H,1-4H3;1-2H3. The van der Waals surface area contributed by atoms with Gasteiger partial charge in [-0.1, -0.05) is 90.1 Å². The molecule has 2 aromatic carbocycles. The average molecular weight is 290 g/mol. The zero-order chi connectivity index (χ0) is 16.1. The molecular formula is C22H26. The second kappa shape index (κ2) is 4.84. The highest BCUT2D eigenvalue weighted by Crippen LogP contribution is 2.53. The Morgan fingerprint density at radius 3 is 2.00 bits per heavy atom. The molecule has 0 radical (unpaired) electrons. The number of hydrogen-bond acceptors (Lipinski definition) is 0. The minimum Gasteiger partial charge on any atom is -0.0683 e. The number of fused-ring (bicyclic) bond motifs is 2. The summed E-state index contributed by atoms with van der Waals surface area (Å²) in [6.45, 7) is 13.3. The Kier molecular flexibility index (Phi) is 3.32. The summed E-state index contributed by atoms with van der Waals surface area (Å²) < 4.78 is 0. The topological polar surface area (TPSA) is 0 Å². The Labute approximate surface area is 134 Å². The summed E-state index contributed by atoms with van der Waals surface area (Å²) in [5, 5.41) is 0. The van der Waals surface area contributed by atoms with Gasteiger partial charge < -0.3 is 0 Å². The third kappa shape index (κ3) is 1.83. The van der Waals surface area contributed by atoms with Gasteiger partial charge >= 0.3 is 0 Å². The number of allylic oxidation sites excluding steroid dienone is 1. The number of rotatable bonds is 0. The van der Waals surface area contributed by atoms with Gasteiger partial charge in [0, 0.05) is 10.8 Å². The zero-order valence-electron chi connectivity index (χ0n) is 14.6. The minimum absolute atomic E-state index is 0.0830. The van der Waals surface area contributed by atoms with Gasteiger partial charge in [-0.2, -0.15) is 0 Å². The van der Waals surface area contributed by atoms with Crippen molar-refractivity contribution in [3.05, 3.63) is 76.4 Å². The van der Waals surface area contributed by atoms with Crippen LogP contribution in [0.4, 0.5) is 0 Å². The van der Waals surface area contributed by atoms with Crippen molar-refractivity contribution in [2.24, 2.45) is 0 Å². The smallest absolute Gasteiger partial charge is 0.0158 e. The highest BCUT2D eigenvalue weighted by atomic mass is 14.4. The fourth-order valence-corrected chi connectivity index (χ4v) is 4.03. The largest absolute Gasteiger partial charge is 0.0683 e. The van der Waals surface area contributed by atoms with E-state index in [1.165, 1.54) is 33.4 Å². The predicted molar refractivity (Wildman–Crippen MR) is 96.5 cm³/mol. The fraction of sp³-hybridized carbons (Fsp3) is 0.364. The molecular weight excluding hydrogens is 264 g/mol. The molecule has 0 N–H and O–H groups in total. The fourth-order valence-electron chi connectivity index (χ4n) is 4.03. The van der Waals surface area contributed by atoms with Crippen LogP contribution >= 0.6 is 0 Å². The Hall–Kier alpha value is -1.82. The third-order valence-electron chi connectivity index (χ3n) is 5.10. The zero-order valence-corrected chi connectivity index (χ0v) is 14.6. The molecule has 0 saturated heterocycles. The maximum Gasteiger partial charge on any atom is 0.0158 e. The van der Waals surface area contributed by atoms with E-state index in [1.54, 1.807) is 0 Å². The van der Waals surface area contributed by atoms with Crippen molar-refractivity contribution < 1.29 is 0 Å². The van der Waals surface area contributed by atoms with Gasteiger partial charge in [0.05, 0.1) is 0 Å². The van der Waals surface area contributed by atoms with Crippen molar-refractivity contribution >= 4 is 5.57 Å². The maximum atomic E-state index is 2.45. The van der Waals surface area contributed by atoms with Crippen molar-refractivity contribution in [1.82, 2.24) is 0 Å². The van der Waals surface area contributed by atoms with Gasteiger partial charge in [-0.15, -0.1) is 0 Å². The molecule has 0 fully saturated rings. The molecule has 0 spiro atoms. The second-order valence-electron chi connectivity index (χ2n) is 7.18. The molecule has 0 aromatic heterocycles. The molecule has 2 aliphatic carbocycles. The van der Waals surface area contributed by atoms with E-state index in [9.17, 15) is 0 Å². The van der Waals surface area contributed by atoms with E-state index < -0.39 is 0 Å². The first kappa shape index (κ1) is 15.1. The summed E-state index contributed by atoms with van der Waals surface area (Å²) in [5.41, 5.74) is 8.97. The normalized spacial score (nSPS) is 18.5. The van der Waals surface area contributed by atoms with Gasteiger partial charge in [0.2, 0.25) is 0 Å². The van der Waals surface area contributed by atoms with E-state index >= 15 is 0 Å². The molecule has 0 heteroatoms. The van der Waals surface area contributed by atoms with Gasteiger partial charge in [-0.05, 0) is 33.4 Å². The quantitative estimate of drug-likeness (QED) is 0.552. The first-order valence-electron chi connectivity index (χ1n) is 8.40. The average Bonchev–Trinajstić information content (AvgIpc) is 2.80. The van der Waals surface area contributed by atoms with Crippen molar-refractivity contribution in [1.29, 1.82) is 0 Å². The van der Waals surface area contributed by atoms with Gasteiger partial charge in [-0.3, -0.25) is 0 Å². The number of hydrogen-bond donors (Lipinski definition) is 0. The Morgan fingerprint density at radius 2 is 1.27 bits per heavy atom. The van der Waals surface area contributed by atoms with E-state index in [2.05, 4.69) is 76.2 Å². The summed E-state index contributed by atoms with van der Waals surface area (Å²) in [5.74, 6) is 0. The van der Waals surface area contributed by atoms with Crippen molar-refractivity contribution in [3.63, 3.8) is 0 Å². The monoisotopic (exact) mass is 290 g/mol. The lowest BCUT2D eigenvalue weighted by molar-refractivity contribution is 0.626. The molecule has 0 unspecified atom stereocenters. The van der Waals surface area contributed by atoms with Crippen LogP contribution in [0.5, 0.6) is 0 Å². The van der Waals surface area contributed by atoms with E-state index in [0.717, 1.165) is 0 Å². The molecule has 114 valence electrons. The molecule has 0 amide bonds. The Bertz CT molecular complexity index is 757. The SMILES string of the molecule is CC.CC1(C)C=C2c3ccccc3C(C)(C)c3cccc1c32. The van der Waals surface area contributed by atoms with Gasteiger partial charge in [0.25, 0.3) is 0 Å². The van der Waals surface area contributed by atoms with E-state index in [0.29, 0.717) is 0 Å². The van der Waals surface area contributed by atoms with Crippen molar-refractivity contribution in [2.75, 3.05) is 0 Å². The van der Waals surface area contributed by atoms with Crippen molar-refractivity contribution in [2.45, 2.75) is 52.4 Å². The Balaban J connectivity index is 0.000000693. The highest BCUT2D eigenvalue weighted by Gasteiger charge is 2.41. The first-order chi connectivity index (χ1) is 10.4. The number of benzene rings is 2.